The van der Waals surface area contributed by atoms with Crippen molar-refractivity contribution < 1.29 is 14.3 Å². The molecule has 0 fully saturated rings. The van der Waals surface area contributed by atoms with Gasteiger partial charge in [0.1, 0.15) is 11.5 Å². The number of methoxy groups -OCH3 is 2. The summed E-state index contributed by atoms with van der Waals surface area (Å²) in [4.78, 5) is 12.2. The van der Waals surface area contributed by atoms with Gasteiger partial charge in [0.2, 0.25) is 0 Å². The maximum Gasteiger partial charge on any atom is 0.253 e. The molecule has 0 aliphatic heterocycles. The van der Waals surface area contributed by atoms with Gasteiger partial charge in [-0.2, -0.15) is 0 Å². The number of carbonyl (C=O) groups is 1. The van der Waals surface area contributed by atoms with Crippen molar-refractivity contribution in [3.8, 4) is 11.5 Å². The number of amides is 1. The topological polar surface area (TPSA) is 73.6 Å². The van der Waals surface area contributed by atoms with Crippen molar-refractivity contribution in [2.75, 3.05) is 26.5 Å². The molecule has 0 bridgehead atoms. The number of nitrogen functional groups attached to an aromatic ring is 1. The van der Waals surface area contributed by atoms with Crippen molar-refractivity contribution >= 4 is 11.6 Å². The van der Waals surface area contributed by atoms with E-state index in [-0.39, 0.29) is 11.3 Å². The van der Waals surface area contributed by atoms with E-state index in [1.54, 1.807) is 12.1 Å². The van der Waals surface area contributed by atoms with Crippen molar-refractivity contribution in [3.63, 3.8) is 0 Å². The summed E-state index contributed by atoms with van der Waals surface area (Å²) in [7, 11) is 3.04. The van der Waals surface area contributed by atoms with Crippen LogP contribution in [0.4, 0.5) is 5.69 Å². The number of ether oxygens (including phenoxy) is 2. The predicted molar refractivity (Wildman–Crippen MR) is 80.4 cm³/mol. The van der Waals surface area contributed by atoms with Crippen LogP contribution >= 0.6 is 0 Å². The fraction of sp³-hybridized carbons (Fsp3) is 0.533. The van der Waals surface area contributed by atoms with E-state index in [4.69, 9.17) is 15.2 Å². The Morgan fingerprint density at radius 2 is 1.90 bits per heavy atom. The van der Waals surface area contributed by atoms with E-state index < -0.39 is 0 Å². The Balaban J connectivity index is 2.86. The lowest BCUT2D eigenvalue weighted by Gasteiger charge is -2.18. The fourth-order valence-electron chi connectivity index (χ4n) is 1.72. The van der Waals surface area contributed by atoms with Gasteiger partial charge in [0.15, 0.2) is 0 Å². The highest BCUT2D eigenvalue weighted by Crippen LogP contribution is 2.31. The maximum absolute atomic E-state index is 12.2. The number of rotatable bonds is 5. The summed E-state index contributed by atoms with van der Waals surface area (Å²) in [6, 6.07) is 3.27. The van der Waals surface area contributed by atoms with Crippen LogP contribution in [0, 0.1) is 5.41 Å². The summed E-state index contributed by atoms with van der Waals surface area (Å²) in [6.45, 7) is 6.98. The molecule has 5 nitrogen and oxygen atoms in total. The summed E-state index contributed by atoms with van der Waals surface area (Å²) >= 11 is 0. The lowest BCUT2D eigenvalue weighted by molar-refractivity contribution is 0.0950. The van der Waals surface area contributed by atoms with Crippen LogP contribution in [0.2, 0.25) is 0 Å². The third-order valence-electron chi connectivity index (χ3n) is 2.98. The molecule has 1 aromatic carbocycles. The molecule has 0 aliphatic carbocycles. The molecule has 5 heteroatoms. The molecule has 3 N–H and O–H groups in total. The summed E-state index contributed by atoms with van der Waals surface area (Å²) in [5, 5.41) is 2.87. The van der Waals surface area contributed by atoms with Crippen molar-refractivity contribution in [2.24, 2.45) is 5.41 Å². The molecule has 1 rings (SSSR count). The van der Waals surface area contributed by atoms with Gasteiger partial charge in [-0.05, 0) is 17.9 Å². The second-order valence-corrected chi connectivity index (χ2v) is 5.86. The number of hydrogen-bond acceptors (Lipinski definition) is 4. The van der Waals surface area contributed by atoms with E-state index in [1.807, 2.05) is 0 Å². The average Bonchev–Trinajstić information content (AvgIpc) is 2.37. The standard InChI is InChI=1S/C15H24N2O3/c1-15(2,3)6-7-17-14(18)11-8-10(19-4)9-12(20-5)13(11)16/h8-9H,6-7,16H2,1-5H3,(H,17,18). The quantitative estimate of drug-likeness (QED) is 0.813. The molecule has 112 valence electrons. The van der Waals surface area contributed by atoms with Crippen LogP contribution in [-0.2, 0) is 0 Å². The first kappa shape index (κ1) is 16.1. The molecule has 1 amide bonds. The highest BCUT2D eigenvalue weighted by molar-refractivity contribution is 6.00. The minimum absolute atomic E-state index is 0.172. The Kier molecular flexibility index (Phi) is 5.25. The van der Waals surface area contributed by atoms with Crippen LogP contribution < -0.4 is 20.5 Å². The van der Waals surface area contributed by atoms with E-state index in [0.717, 1.165) is 6.42 Å². The van der Waals surface area contributed by atoms with Gasteiger partial charge in [-0.15, -0.1) is 0 Å². The fourth-order valence-corrected chi connectivity index (χ4v) is 1.72. The molecule has 0 aromatic heterocycles. The highest BCUT2D eigenvalue weighted by atomic mass is 16.5. The second kappa shape index (κ2) is 6.50. The third kappa shape index (κ3) is 4.33. The largest absolute Gasteiger partial charge is 0.497 e. The molecule has 0 radical (unpaired) electrons. The van der Waals surface area contributed by atoms with Gasteiger partial charge >= 0.3 is 0 Å². The molecule has 0 saturated carbocycles. The third-order valence-corrected chi connectivity index (χ3v) is 2.98. The van der Waals surface area contributed by atoms with E-state index in [1.165, 1.54) is 14.2 Å². The minimum Gasteiger partial charge on any atom is -0.497 e. The number of nitrogens with two attached hydrogens (primary N) is 1. The average molecular weight is 280 g/mol. The van der Waals surface area contributed by atoms with Crippen molar-refractivity contribution in [1.29, 1.82) is 0 Å². The summed E-state index contributed by atoms with van der Waals surface area (Å²) in [6.07, 6.45) is 0.889. The van der Waals surface area contributed by atoms with Gasteiger partial charge in [-0.3, -0.25) is 4.79 Å². The molecule has 0 spiro atoms. The Morgan fingerprint density at radius 1 is 1.25 bits per heavy atom. The Labute approximate surface area is 120 Å². The number of nitrogens with one attached hydrogen (secondary N) is 1. The zero-order chi connectivity index (χ0) is 15.3. The number of hydrogen-bond donors (Lipinski definition) is 2. The smallest absolute Gasteiger partial charge is 0.253 e. The first-order valence-corrected chi connectivity index (χ1v) is 6.58. The van der Waals surface area contributed by atoms with Gasteiger partial charge in [0.25, 0.3) is 5.91 Å². The van der Waals surface area contributed by atoms with Crippen LogP contribution in [0.5, 0.6) is 11.5 Å². The first-order chi connectivity index (χ1) is 9.28. The Hall–Kier alpha value is -1.91. The SMILES string of the molecule is COc1cc(OC)c(N)c(C(=O)NCCC(C)(C)C)c1. The molecule has 0 saturated heterocycles. The lowest BCUT2D eigenvalue weighted by atomic mass is 9.92. The molecular formula is C15H24N2O3. The monoisotopic (exact) mass is 280 g/mol. The Bertz CT molecular complexity index is 479. The van der Waals surface area contributed by atoms with Crippen LogP contribution in [-0.4, -0.2) is 26.7 Å². The number of carbonyl (C=O) groups excluding carboxylic acids is 1. The molecule has 0 unspecified atom stereocenters. The van der Waals surface area contributed by atoms with Crippen LogP contribution in [0.1, 0.15) is 37.6 Å². The molecule has 1 aromatic rings. The second-order valence-electron chi connectivity index (χ2n) is 5.86. The molecule has 0 heterocycles. The zero-order valence-electron chi connectivity index (χ0n) is 12.9. The van der Waals surface area contributed by atoms with E-state index >= 15 is 0 Å². The van der Waals surface area contributed by atoms with E-state index in [0.29, 0.717) is 29.3 Å². The Morgan fingerprint density at radius 3 is 2.40 bits per heavy atom. The maximum atomic E-state index is 12.2. The summed E-state index contributed by atoms with van der Waals surface area (Å²) in [5.74, 6) is 0.756. The molecule has 20 heavy (non-hydrogen) atoms. The van der Waals surface area contributed by atoms with E-state index in [2.05, 4.69) is 26.1 Å². The highest BCUT2D eigenvalue weighted by Gasteiger charge is 2.17. The minimum atomic E-state index is -0.219. The van der Waals surface area contributed by atoms with Crippen molar-refractivity contribution in [2.45, 2.75) is 27.2 Å². The summed E-state index contributed by atoms with van der Waals surface area (Å²) in [5.41, 5.74) is 6.80. The molecular weight excluding hydrogens is 256 g/mol. The molecule has 0 aliphatic rings. The number of anilines is 1. The lowest BCUT2D eigenvalue weighted by Crippen LogP contribution is -2.28. The van der Waals surface area contributed by atoms with Gasteiger partial charge in [-0.25, -0.2) is 0 Å². The van der Waals surface area contributed by atoms with Crippen molar-refractivity contribution in [1.82, 2.24) is 5.32 Å². The van der Waals surface area contributed by atoms with Gasteiger partial charge in [-0.1, -0.05) is 20.8 Å². The van der Waals surface area contributed by atoms with Gasteiger partial charge in [0.05, 0.1) is 25.5 Å². The predicted octanol–water partition coefficient (Wildman–Crippen LogP) is 2.45. The molecule has 0 atom stereocenters. The summed E-state index contributed by atoms with van der Waals surface area (Å²) < 4.78 is 10.3. The van der Waals surface area contributed by atoms with Crippen LogP contribution in [0.25, 0.3) is 0 Å². The van der Waals surface area contributed by atoms with Crippen LogP contribution in [0.3, 0.4) is 0 Å². The van der Waals surface area contributed by atoms with Crippen LogP contribution in [0.15, 0.2) is 12.1 Å². The van der Waals surface area contributed by atoms with Gasteiger partial charge < -0.3 is 20.5 Å². The first-order valence-electron chi connectivity index (χ1n) is 6.58. The zero-order valence-corrected chi connectivity index (χ0v) is 12.9. The van der Waals surface area contributed by atoms with Crippen molar-refractivity contribution in [3.05, 3.63) is 17.7 Å². The normalized spacial score (nSPS) is 11.1. The van der Waals surface area contributed by atoms with E-state index in [9.17, 15) is 4.79 Å². The number of benzene rings is 1. The van der Waals surface area contributed by atoms with Gasteiger partial charge in [0, 0.05) is 12.6 Å².